The van der Waals surface area contributed by atoms with Crippen LogP contribution in [0.2, 0.25) is 5.02 Å². The van der Waals surface area contributed by atoms with Crippen LogP contribution in [0.15, 0.2) is 66.7 Å². The molecule has 0 saturated heterocycles. The van der Waals surface area contributed by atoms with Crippen LogP contribution in [0.1, 0.15) is 38.8 Å². The van der Waals surface area contributed by atoms with Crippen LogP contribution in [0, 0.1) is 6.92 Å². The van der Waals surface area contributed by atoms with Gasteiger partial charge >= 0.3 is 5.97 Å². The normalized spacial score (nSPS) is 11.1. The average molecular weight is 501 g/mol. The largest absolute Gasteiger partial charge is 0.462 e. The number of amides is 1. The SMILES string of the molecule is CCOC(=O)c1ccc(NC(=O)c2ccc(N(Cc3ccccc3Cl)S(C)(=O)=O)cc2)c(C)c1. The Labute approximate surface area is 204 Å². The lowest BCUT2D eigenvalue weighted by atomic mass is 10.1. The third-order valence-corrected chi connectivity index (χ3v) is 6.58. The standard InChI is InChI=1S/C25H25ClN2O5S/c1-4-33-25(30)19-11-14-23(17(2)15-19)27-24(29)18-9-12-21(13-10-18)28(34(3,31)32)16-20-7-5-6-8-22(20)26/h5-15H,4,16H2,1-3H3,(H,27,29). The second kappa shape index (κ2) is 10.7. The molecule has 1 amide bonds. The fourth-order valence-electron chi connectivity index (χ4n) is 3.30. The number of ether oxygens (including phenoxy) is 1. The van der Waals surface area contributed by atoms with Crippen LogP contribution in [-0.4, -0.2) is 33.2 Å². The maximum Gasteiger partial charge on any atom is 0.338 e. The Morgan fingerprint density at radius 3 is 2.24 bits per heavy atom. The minimum Gasteiger partial charge on any atom is -0.462 e. The second-order valence-corrected chi connectivity index (χ2v) is 9.93. The Kier molecular flexibility index (Phi) is 7.96. The monoisotopic (exact) mass is 500 g/mol. The fourth-order valence-corrected chi connectivity index (χ4v) is 4.37. The van der Waals surface area contributed by atoms with Crippen LogP contribution in [0.4, 0.5) is 11.4 Å². The maximum absolute atomic E-state index is 12.7. The first kappa shape index (κ1) is 25.3. The van der Waals surface area contributed by atoms with Gasteiger partial charge in [-0.05, 0) is 73.5 Å². The van der Waals surface area contributed by atoms with Gasteiger partial charge in [0.2, 0.25) is 10.0 Å². The Balaban J connectivity index is 1.78. The number of esters is 1. The number of benzene rings is 3. The third-order valence-electron chi connectivity index (χ3n) is 5.08. The summed E-state index contributed by atoms with van der Waals surface area (Å²) < 4.78 is 31.1. The van der Waals surface area contributed by atoms with E-state index < -0.39 is 16.0 Å². The number of anilines is 2. The highest BCUT2D eigenvalue weighted by atomic mass is 35.5. The predicted octanol–water partition coefficient (Wildman–Crippen LogP) is 5.04. The number of nitrogens with zero attached hydrogens (tertiary/aromatic N) is 1. The molecule has 0 unspecified atom stereocenters. The molecule has 178 valence electrons. The Bertz CT molecular complexity index is 1310. The van der Waals surface area contributed by atoms with E-state index in [-0.39, 0.29) is 19.1 Å². The summed E-state index contributed by atoms with van der Waals surface area (Å²) in [5.74, 6) is -0.790. The highest BCUT2D eigenvalue weighted by Gasteiger charge is 2.20. The molecule has 0 aliphatic rings. The zero-order chi connectivity index (χ0) is 24.9. The summed E-state index contributed by atoms with van der Waals surface area (Å²) >= 11 is 6.21. The number of rotatable bonds is 8. The third kappa shape index (κ3) is 6.15. The topological polar surface area (TPSA) is 92.8 Å². The molecule has 0 spiro atoms. The summed E-state index contributed by atoms with van der Waals surface area (Å²) in [4.78, 5) is 24.6. The van der Waals surface area contributed by atoms with Crippen LogP contribution in [0.3, 0.4) is 0 Å². The molecule has 0 aromatic heterocycles. The van der Waals surface area contributed by atoms with Gasteiger partial charge in [-0.15, -0.1) is 0 Å². The van der Waals surface area contributed by atoms with Gasteiger partial charge in [-0.1, -0.05) is 29.8 Å². The lowest BCUT2D eigenvalue weighted by Crippen LogP contribution is -2.29. The van der Waals surface area contributed by atoms with Gasteiger partial charge in [-0.2, -0.15) is 0 Å². The Morgan fingerprint density at radius 1 is 1.00 bits per heavy atom. The first-order valence-electron chi connectivity index (χ1n) is 10.5. The van der Waals surface area contributed by atoms with E-state index in [1.54, 1.807) is 80.6 Å². The summed E-state index contributed by atoms with van der Waals surface area (Å²) in [6, 6.07) is 18.2. The zero-order valence-electron chi connectivity index (χ0n) is 19.0. The number of aryl methyl sites for hydroxylation is 1. The number of hydrogen-bond acceptors (Lipinski definition) is 5. The molecule has 1 N–H and O–H groups in total. The van der Waals surface area contributed by atoms with Gasteiger partial charge in [-0.25, -0.2) is 13.2 Å². The summed E-state index contributed by atoms with van der Waals surface area (Å²) in [5.41, 5.74) is 3.09. The smallest absolute Gasteiger partial charge is 0.338 e. The van der Waals surface area contributed by atoms with Gasteiger partial charge in [0.1, 0.15) is 0 Å². The molecular formula is C25H25ClN2O5S. The van der Waals surface area contributed by atoms with Crippen molar-refractivity contribution in [1.82, 2.24) is 0 Å². The van der Waals surface area contributed by atoms with Gasteiger partial charge in [0, 0.05) is 16.3 Å². The molecule has 9 heteroatoms. The lowest BCUT2D eigenvalue weighted by molar-refractivity contribution is 0.0526. The lowest BCUT2D eigenvalue weighted by Gasteiger charge is -2.23. The number of carbonyl (C=O) groups is 2. The fraction of sp³-hybridized carbons (Fsp3) is 0.200. The summed E-state index contributed by atoms with van der Waals surface area (Å²) in [7, 11) is -3.60. The van der Waals surface area contributed by atoms with E-state index in [0.717, 1.165) is 6.26 Å². The molecule has 7 nitrogen and oxygen atoms in total. The van der Waals surface area contributed by atoms with Crippen LogP contribution in [0.25, 0.3) is 0 Å². The van der Waals surface area contributed by atoms with E-state index >= 15 is 0 Å². The van der Waals surface area contributed by atoms with Gasteiger partial charge in [-0.3, -0.25) is 9.10 Å². The molecule has 0 fully saturated rings. The van der Waals surface area contributed by atoms with Gasteiger partial charge in [0.15, 0.2) is 0 Å². The van der Waals surface area contributed by atoms with Gasteiger partial charge in [0.05, 0.1) is 30.7 Å². The first-order chi connectivity index (χ1) is 16.1. The number of halogens is 1. The van der Waals surface area contributed by atoms with E-state index in [1.165, 1.54) is 4.31 Å². The molecule has 0 atom stereocenters. The van der Waals surface area contributed by atoms with Crippen molar-refractivity contribution in [1.29, 1.82) is 0 Å². The van der Waals surface area contributed by atoms with E-state index in [1.807, 2.05) is 0 Å². The molecular weight excluding hydrogens is 476 g/mol. The number of sulfonamides is 1. The van der Waals surface area contributed by atoms with Crippen molar-refractivity contribution in [3.63, 3.8) is 0 Å². The molecule has 3 aromatic carbocycles. The Morgan fingerprint density at radius 2 is 1.65 bits per heavy atom. The van der Waals surface area contributed by atoms with Crippen molar-refractivity contribution < 1.29 is 22.7 Å². The zero-order valence-corrected chi connectivity index (χ0v) is 20.6. The van der Waals surface area contributed by atoms with Crippen LogP contribution >= 0.6 is 11.6 Å². The number of hydrogen-bond donors (Lipinski definition) is 1. The highest BCUT2D eigenvalue weighted by Crippen LogP contribution is 2.25. The van der Waals surface area contributed by atoms with Crippen LogP contribution < -0.4 is 9.62 Å². The van der Waals surface area contributed by atoms with Crippen molar-refractivity contribution in [2.75, 3.05) is 22.5 Å². The minimum atomic E-state index is -3.60. The van der Waals surface area contributed by atoms with Crippen molar-refractivity contribution >= 4 is 44.9 Å². The molecule has 0 bridgehead atoms. The number of nitrogens with one attached hydrogen (secondary N) is 1. The van der Waals surface area contributed by atoms with Crippen LogP contribution in [0.5, 0.6) is 0 Å². The van der Waals surface area contributed by atoms with Crippen molar-refractivity contribution in [3.05, 3.63) is 94.0 Å². The molecule has 0 saturated carbocycles. The average Bonchev–Trinajstić information content (AvgIpc) is 2.79. The Hall–Kier alpha value is -3.36. The van der Waals surface area contributed by atoms with Gasteiger partial charge in [0.25, 0.3) is 5.91 Å². The van der Waals surface area contributed by atoms with E-state index in [0.29, 0.717) is 38.7 Å². The molecule has 0 aliphatic carbocycles. The van der Waals surface area contributed by atoms with E-state index in [9.17, 15) is 18.0 Å². The predicted molar refractivity (Wildman–Crippen MR) is 134 cm³/mol. The molecule has 0 heterocycles. The first-order valence-corrected chi connectivity index (χ1v) is 12.7. The van der Waals surface area contributed by atoms with E-state index in [2.05, 4.69) is 5.32 Å². The molecule has 0 radical (unpaired) electrons. The van der Waals surface area contributed by atoms with Gasteiger partial charge < -0.3 is 10.1 Å². The number of carbonyl (C=O) groups excluding carboxylic acids is 2. The van der Waals surface area contributed by atoms with Crippen molar-refractivity contribution in [2.24, 2.45) is 0 Å². The van der Waals surface area contributed by atoms with Crippen molar-refractivity contribution in [2.45, 2.75) is 20.4 Å². The maximum atomic E-state index is 12.7. The van der Waals surface area contributed by atoms with E-state index in [4.69, 9.17) is 16.3 Å². The second-order valence-electron chi connectivity index (χ2n) is 7.61. The summed E-state index contributed by atoms with van der Waals surface area (Å²) in [6.07, 6.45) is 1.12. The van der Waals surface area contributed by atoms with Crippen molar-refractivity contribution in [3.8, 4) is 0 Å². The highest BCUT2D eigenvalue weighted by molar-refractivity contribution is 7.92. The minimum absolute atomic E-state index is 0.0655. The summed E-state index contributed by atoms with van der Waals surface area (Å²) in [6.45, 7) is 3.86. The van der Waals surface area contributed by atoms with Crippen LogP contribution in [-0.2, 0) is 21.3 Å². The molecule has 0 aliphatic heterocycles. The summed E-state index contributed by atoms with van der Waals surface area (Å²) in [5, 5.41) is 3.28. The quantitative estimate of drug-likeness (QED) is 0.437. The molecule has 3 aromatic rings. The molecule has 34 heavy (non-hydrogen) atoms. The molecule has 3 rings (SSSR count).